The van der Waals surface area contributed by atoms with E-state index in [1.165, 1.54) is 51.4 Å². The number of esters is 1. The molecule has 0 unspecified atom stereocenters. The van der Waals surface area contributed by atoms with Crippen molar-refractivity contribution in [3.8, 4) is 23.8 Å². The molecule has 13 heteroatoms. The standard InChI is InChI=1S/C62H71N5O7.BrH/c1-9-46-22-21-23-47(40-46)65-60-48-41-54(55(72-35-34-71-8)42-51(48)63-43-64-60)73-36-37-74-59(70)27-18-14-20-33-67-53-31-29-45(3)39-50(53)62(6,7)57(67)25-16-12-10-11-15-24-56-61(4,5)49-38-44(2)28-30-52(49)66(56)32-19-13-17-26-58(68)69;/h1,10-12,15-16,21-25,28-31,38-43H,13-14,17-20,26-27,32-37H2,2-8H3,(H-,63,64,65,68,69);1H. The lowest BCUT2D eigenvalue weighted by atomic mass is 9.81. The summed E-state index contributed by atoms with van der Waals surface area (Å²) >= 11 is 0. The summed E-state index contributed by atoms with van der Waals surface area (Å²) in [5.41, 5.74) is 11.9. The van der Waals surface area contributed by atoms with E-state index in [-0.39, 0.29) is 53.4 Å². The van der Waals surface area contributed by atoms with E-state index in [2.05, 4.69) is 151 Å². The van der Waals surface area contributed by atoms with Crippen molar-refractivity contribution >= 4 is 51.4 Å². The van der Waals surface area contributed by atoms with E-state index in [0.717, 1.165) is 55.4 Å². The van der Waals surface area contributed by atoms with Gasteiger partial charge < -0.3 is 51.3 Å². The SMILES string of the molecule is C#Cc1cccc(Nc2ncnc3cc(OCCOC)c(OCCOC(=O)CCCCCN4C(=CC=CC=CC=CC5=[N+](CCCCCC(=O)O)c6ccc(C)cc6C5(C)C)C(C)(C)c5cc(C)ccc54)cc23)c1.[Br-]. The molecule has 4 aromatic carbocycles. The van der Waals surface area contributed by atoms with Gasteiger partial charge in [0.2, 0.25) is 5.69 Å². The molecule has 394 valence electrons. The van der Waals surface area contributed by atoms with E-state index in [1.807, 2.05) is 30.3 Å². The van der Waals surface area contributed by atoms with E-state index in [4.69, 9.17) is 30.5 Å². The number of unbranched alkanes of at least 4 members (excludes halogenated alkanes) is 4. The number of nitrogens with one attached hydrogen (secondary N) is 1. The van der Waals surface area contributed by atoms with Crippen molar-refractivity contribution in [1.29, 1.82) is 0 Å². The number of ether oxygens (including phenoxy) is 4. The van der Waals surface area contributed by atoms with Gasteiger partial charge in [-0.3, -0.25) is 9.59 Å². The van der Waals surface area contributed by atoms with Gasteiger partial charge in [-0.15, -0.1) is 6.42 Å². The Morgan fingerprint density at radius 2 is 1.48 bits per heavy atom. The smallest absolute Gasteiger partial charge is 0.305 e. The molecular weight excluding hydrogens is 1010 g/mol. The van der Waals surface area contributed by atoms with E-state index in [1.54, 1.807) is 13.2 Å². The Labute approximate surface area is 454 Å². The lowest BCUT2D eigenvalue weighted by Crippen LogP contribution is -3.00. The third kappa shape index (κ3) is 14.6. The number of nitrogens with zero attached hydrogens (tertiary/aromatic N) is 4. The Balaban J connectivity index is 0.00000914. The number of allylic oxidation sites excluding steroid dienone is 8. The fourth-order valence-electron chi connectivity index (χ4n) is 9.81. The van der Waals surface area contributed by atoms with Crippen LogP contribution in [-0.2, 0) is 29.9 Å². The van der Waals surface area contributed by atoms with Crippen LogP contribution < -0.4 is 36.7 Å². The molecule has 0 bridgehead atoms. The first-order valence-electron chi connectivity index (χ1n) is 25.8. The summed E-state index contributed by atoms with van der Waals surface area (Å²) in [7, 11) is 1.61. The average Bonchev–Trinajstić information content (AvgIpc) is 3.71. The lowest BCUT2D eigenvalue weighted by Gasteiger charge is -2.27. The fourth-order valence-corrected chi connectivity index (χ4v) is 9.81. The number of hydrogen-bond acceptors (Lipinski definition) is 10. The molecule has 12 nitrogen and oxygen atoms in total. The molecule has 0 amide bonds. The molecule has 1 aromatic heterocycles. The van der Waals surface area contributed by atoms with Crippen LogP contribution in [0.5, 0.6) is 11.5 Å². The van der Waals surface area contributed by atoms with Gasteiger partial charge in [-0.1, -0.05) is 92.0 Å². The zero-order valence-corrected chi connectivity index (χ0v) is 46.2. The second-order valence-corrected chi connectivity index (χ2v) is 20.0. The number of hydrogen-bond donors (Lipinski definition) is 2. The topological polar surface area (TPSA) is 135 Å². The molecular formula is C62H72BrN5O7. The first-order chi connectivity index (χ1) is 35.7. The Kier molecular flexibility index (Phi) is 20.6. The van der Waals surface area contributed by atoms with E-state index < -0.39 is 5.97 Å². The molecule has 2 N–H and O–H groups in total. The van der Waals surface area contributed by atoms with Crippen LogP contribution in [0.1, 0.15) is 107 Å². The highest BCUT2D eigenvalue weighted by atomic mass is 79.9. The monoisotopic (exact) mass is 1080 g/mol. The normalized spacial score (nSPS) is 14.9. The highest BCUT2D eigenvalue weighted by Gasteiger charge is 2.44. The Morgan fingerprint density at radius 1 is 0.773 bits per heavy atom. The molecule has 7 rings (SSSR count). The van der Waals surface area contributed by atoms with Crippen LogP contribution in [0, 0.1) is 26.2 Å². The molecule has 0 radical (unpaired) electrons. The lowest BCUT2D eigenvalue weighted by molar-refractivity contribution is -0.438. The summed E-state index contributed by atoms with van der Waals surface area (Å²) in [6.07, 6.45) is 27.6. The molecule has 2 aliphatic heterocycles. The van der Waals surface area contributed by atoms with Gasteiger partial charge in [-0.05, 0) is 101 Å². The zero-order valence-electron chi connectivity index (χ0n) is 44.6. The number of carbonyl (C=O) groups is 2. The molecule has 0 aliphatic carbocycles. The highest BCUT2D eigenvalue weighted by Crippen LogP contribution is 2.48. The number of terminal acetylenes is 1. The van der Waals surface area contributed by atoms with Gasteiger partial charge in [0.05, 0.1) is 17.5 Å². The van der Waals surface area contributed by atoms with Crippen LogP contribution in [0.3, 0.4) is 0 Å². The second-order valence-electron chi connectivity index (χ2n) is 20.0. The number of aromatic nitrogens is 2. The minimum atomic E-state index is -0.736. The maximum absolute atomic E-state index is 12.9. The quantitative estimate of drug-likeness (QED) is 0.0180. The number of aliphatic carboxylic acids is 1. The number of halogens is 1. The first-order valence-corrected chi connectivity index (χ1v) is 25.8. The summed E-state index contributed by atoms with van der Waals surface area (Å²) in [5.74, 6) is 3.19. The highest BCUT2D eigenvalue weighted by molar-refractivity contribution is 6.03. The molecule has 5 aromatic rings. The van der Waals surface area contributed by atoms with Gasteiger partial charge in [-0.2, -0.15) is 4.58 Å². The predicted molar refractivity (Wildman–Crippen MR) is 297 cm³/mol. The Morgan fingerprint density at radius 3 is 2.25 bits per heavy atom. The molecule has 0 atom stereocenters. The van der Waals surface area contributed by atoms with Gasteiger partial charge in [0, 0.05) is 90.1 Å². The molecule has 3 heterocycles. The zero-order chi connectivity index (χ0) is 52.7. The van der Waals surface area contributed by atoms with Gasteiger partial charge in [0.25, 0.3) is 0 Å². The van der Waals surface area contributed by atoms with Crippen LogP contribution >= 0.6 is 0 Å². The summed E-state index contributed by atoms with van der Waals surface area (Å²) in [4.78, 5) is 35.4. The number of carboxylic acids is 1. The first kappa shape index (κ1) is 57.3. The number of benzene rings is 4. The van der Waals surface area contributed by atoms with Crippen LogP contribution in [-0.4, -0.2) is 83.9 Å². The van der Waals surface area contributed by atoms with Crippen molar-refractivity contribution in [1.82, 2.24) is 9.97 Å². The predicted octanol–water partition coefficient (Wildman–Crippen LogP) is 9.55. The second kappa shape index (κ2) is 27.0. The minimum absolute atomic E-state index is 0. The molecule has 0 spiro atoms. The van der Waals surface area contributed by atoms with Crippen LogP contribution in [0.2, 0.25) is 0 Å². The van der Waals surface area contributed by atoms with Crippen molar-refractivity contribution in [2.24, 2.45) is 0 Å². The molecule has 75 heavy (non-hydrogen) atoms. The number of carbonyl (C=O) groups excluding carboxylic acids is 1. The maximum Gasteiger partial charge on any atom is 0.305 e. The average molecular weight is 1080 g/mol. The molecule has 0 fully saturated rings. The molecule has 0 saturated heterocycles. The number of anilines is 3. The van der Waals surface area contributed by atoms with Gasteiger partial charge in [-0.25, -0.2) is 9.97 Å². The summed E-state index contributed by atoms with van der Waals surface area (Å²) in [5, 5.41) is 13.2. The van der Waals surface area contributed by atoms with E-state index >= 15 is 0 Å². The third-order valence-corrected chi connectivity index (χ3v) is 13.7. The van der Waals surface area contributed by atoms with Gasteiger partial charge in [0.15, 0.2) is 17.2 Å². The third-order valence-electron chi connectivity index (χ3n) is 13.7. The van der Waals surface area contributed by atoms with E-state index in [0.29, 0.717) is 55.3 Å². The van der Waals surface area contributed by atoms with Crippen LogP contribution in [0.4, 0.5) is 22.9 Å². The number of carboxylic acid groups (broad SMARTS) is 1. The summed E-state index contributed by atoms with van der Waals surface area (Å²) in [6, 6.07) is 24.6. The summed E-state index contributed by atoms with van der Waals surface area (Å²) < 4.78 is 25.4. The van der Waals surface area contributed by atoms with Crippen molar-refractivity contribution in [3.05, 3.63) is 155 Å². The van der Waals surface area contributed by atoms with E-state index in [9.17, 15) is 9.59 Å². The number of methoxy groups -OCH3 is 1. The van der Waals surface area contributed by atoms with Crippen molar-refractivity contribution in [2.45, 2.75) is 104 Å². The van der Waals surface area contributed by atoms with Gasteiger partial charge >= 0.3 is 11.9 Å². The van der Waals surface area contributed by atoms with Gasteiger partial charge in [0.1, 0.15) is 38.5 Å². The van der Waals surface area contributed by atoms with Crippen molar-refractivity contribution in [3.63, 3.8) is 0 Å². The Hall–Kier alpha value is -7.01. The molecule has 2 aliphatic rings. The number of aryl methyl sites for hydroxylation is 2. The van der Waals surface area contributed by atoms with Crippen LogP contribution in [0.15, 0.2) is 127 Å². The fraction of sp³-hybridized carbons (Fsp3) is 0.371. The number of fused-ring (bicyclic) bond motifs is 3. The summed E-state index contributed by atoms with van der Waals surface area (Å²) in [6.45, 7) is 16.0. The maximum atomic E-state index is 12.9. The van der Waals surface area contributed by atoms with Crippen molar-refractivity contribution < 1.29 is 55.2 Å². The largest absolute Gasteiger partial charge is 1.00 e. The van der Waals surface area contributed by atoms with Crippen molar-refractivity contribution in [2.75, 3.05) is 56.8 Å². The van der Waals surface area contributed by atoms with Crippen LogP contribution in [0.25, 0.3) is 10.9 Å². The minimum Gasteiger partial charge on any atom is -1.00 e. The Bertz CT molecular complexity index is 3020. The molecule has 0 saturated carbocycles. The number of rotatable bonds is 26.